The number of nitrogen functional groups attached to an aromatic ring is 1. The molecule has 5 nitrogen and oxygen atoms in total. The highest BCUT2D eigenvalue weighted by molar-refractivity contribution is 6.10. The molecule has 0 aliphatic heterocycles. The monoisotopic (exact) mass is 258 g/mol. The van der Waals surface area contributed by atoms with Gasteiger partial charge in [-0.1, -0.05) is 0 Å². The van der Waals surface area contributed by atoms with Crippen molar-refractivity contribution in [2.45, 2.75) is 6.92 Å². The number of carbonyl (C=O) groups is 2. The molecule has 0 saturated heterocycles. The Labute approximate surface area is 110 Å². The lowest BCUT2D eigenvalue weighted by Crippen LogP contribution is -2.03. The molecule has 19 heavy (non-hydrogen) atoms. The Hall–Kier alpha value is -2.56. The topological polar surface area (TPSA) is 85.3 Å². The number of carboxylic acid groups (broad SMARTS) is 1. The molecule has 0 aliphatic rings. The Morgan fingerprint density at radius 3 is 2.47 bits per heavy atom. The van der Waals surface area contributed by atoms with E-state index in [0.29, 0.717) is 16.8 Å². The first-order valence-electron chi connectivity index (χ1n) is 5.70. The van der Waals surface area contributed by atoms with Gasteiger partial charge in [-0.2, -0.15) is 0 Å². The molecule has 0 amide bonds. The summed E-state index contributed by atoms with van der Waals surface area (Å²) in [5.74, 6) is -1.27. The SMILES string of the molecule is Cc1cc(N)ccc1C(=O)c1cc(C(=O)O)n(C)c1. The van der Waals surface area contributed by atoms with Gasteiger partial charge in [0.1, 0.15) is 5.69 Å². The minimum atomic E-state index is -1.06. The van der Waals surface area contributed by atoms with Gasteiger partial charge in [0.25, 0.3) is 0 Å². The van der Waals surface area contributed by atoms with Gasteiger partial charge in [-0.25, -0.2) is 4.79 Å². The van der Waals surface area contributed by atoms with E-state index in [1.807, 2.05) is 0 Å². The number of hydrogen-bond acceptors (Lipinski definition) is 3. The van der Waals surface area contributed by atoms with Crippen LogP contribution in [-0.2, 0) is 7.05 Å². The normalized spacial score (nSPS) is 10.4. The number of ketones is 1. The van der Waals surface area contributed by atoms with E-state index < -0.39 is 5.97 Å². The molecule has 1 aromatic carbocycles. The Morgan fingerprint density at radius 2 is 1.95 bits per heavy atom. The molecule has 0 fully saturated rings. The van der Waals surface area contributed by atoms with Crippen LogP contribution in [0.15, 0.2) is 30.5 Å². The number of nitrogens with zero attached hydrogens (tertiary/aromatic N) is 1. The smallest absolute Gasteiger partial charge is 0.352 e. The van der Waals surface area contributed by atoms with E-state index in [-0.39, 0.29) is 11.5 Å². The van der Waals surface area contributed by atoms with E-state index in [9.17, 15) is 9.59 Å². The van der Waals surface area contributed by atoms with E-state index >= 15 is 0 Å². The molecule has 1 aromatic heterocycles. The van der Waals surface area contributed by atoms with Crippen molar-refractivity contribution < 1.29 is 14.7 Å². The molecule has 2 aromatic rings. The first kappa shape index (κ1) is 12.9. The fourth-order valence-corrected chi connectivity index (χ4v) is 2.00. The summed E-state index contributed by atoms with van der Waals surface area (Å²) in [6, 6.07) is 6.40. The quantitative estimate of drug-likeness (QED) is 0.649. The Balaban J connectivity index is 2.44. The molecule has 0 aliphatic carbocycles. The molecule has 1 heterocycles. The first-order valence-corrected chi connectivity index (χ1v) is 5.70. The number of nitrogens with two attached hydrogens (primary N) is 1. The third-order valence-corrected chi connectivity index (χ3v) is 2.98. The van der Waals surface area contributed by atoms with Crippen LogP contribution in [0.25, 0.3) is 0 Å². The van der Waals surface area contributed by atoms with Gasteiger partial charge in [0, 0.05) is 30.1 Å². The number of rotatable bonds is 3. The number of carbonyl (C=O) groups excluding carboxylic acids is 1. The molecule has 0 atom stereocenters. The summed E-state index contributed by atoms with van der Waals surface area (Å²) >= 11 is 0. The molecule has 0 bridgehead atoms. The standard InChI is InChI=1S/C14H14N2O3/c1-8-5-10(15)3-4-11(8)13(17)9-6-12(14(18)19)16(2)7-9/h3-7H,15H2,1-2H3,(H,18,19). The van der Waals surface area contributed by atoms with E-state index in [1.54, 1.807) is 32.2 Å². The number of aromatic nitrogens is 1. The second-order valence-electron chi connectivity index (χ2n) is 4.43. The maximum absolute atomic E-state index is 12.3. The van der Waals surface area contributed by atoms with Crippen molar-refractivity contribution in [3.05, 3.63) is 52.8 Å². The highest BCUT2D eigenvalue weighted by Gasteiger charge is 2.17. The molecule has 3 N–H and O–H groups in total. The molecule has 0 saturated carbocycles. The maximum atomic E-state index is 12.3. The summed E-state index contributed by atoms with van der Waals surface area (Å²) in [5.41, 5.74) is 7.96. The number of aryl methyl sites for hydroxylation is 2. The van der Waals surface area contributed by atoms with Crippen LogP contribution in [0.5, 0.6) is 0 Å². The zero-order valence-corrected chi connectivity index (χ0v) is 10.7. The Morgan fingerprint density at radius 1 is 1.26 bits per heavy atom. The largest absolute Gasteiger partial charge is 0.477 e. The predicted molar refractivity (Wildman–Crippen MR) is 71.4 cm³/mol. The van der Waals surface area contributed by atoms with E-state index in [1.165, 1.54) is 16.8 Å². The molecule has 5 heteroatoms. The Bertz CT molecular complexity index is 671. The molecule has 2 rings (SSSR count). The van der Waals surface area contributed by atoms with Crippen molar-refractivity contribution in [3.8, 4) is 0 Å². The average Bonchev–Trinajstić information content (AvgIpc) is 2.70. The van der Waals surface area contributed by atoms with Gasteiger partial charge < -0.3 is 15.4 Å². The maximum Gasteiger partial charge on any atom is 0.352 e. The van der Waals surface area contributed by atoms with Gasteiger partial charge in [-0.15, -0.1) is 0 Å². The van der Waals surface area contributed by atoms with Crippen LogP contribution in [0.2, 0.25) is 0 Å². The fraction of sp³-hybridized carbons (Fsp3) is 0.143. The van der Waals surface area contributed by atoms with Crippen LogP contribution in [0.1, 0.15) is 32.0 Å². The minimum Gasteiger partial charge on any atom is -0.477 e. The fourth-order valence-electron chi connectivity index (χ4n) is 2.00. The van der Waals surface area contributed by atoms with Crippen molar-refractivity contribution in [2.24, 2.45) is 7.05 Å². The van der Waals surface area contributed by atoms with Crippen LogP contribution in [0.3, 0.4) is 0 Å². The molecular weight excluding hydrogens is 244 g/mol. The van der Waals surface area contributed by atoms with Gasteiger partial charge in [0.2, 0.25) is 0 Å². The zero-order valence-electron chi connectivity index (χ0n) is 10.7. The van der Waals surface area contributed by atoms with Gasteiger partial charge in [-0.3, -0.25) is 4.79 Å². The lowest BCUT2D eigenvalue weighted by molar-refractivity contribution is 0.0686. The summed E-state index contributed by atoms with van der Waals surface area (Å²) in [7, 11) is 1.59. The van der Waals surface area contributed by atoms with Crippen molar-refractivity contribution >= 4 is 17.4 Å². The molecular formula is C14H14N2O3. The number of anilines is 1. The van der Waals surface area contributed by atoms with Crippen molar-refractivity contribution in [1.29, 1.82) is 0 Å². The third-order valence-electron chi connectivity index (χ3n) is 2.98. The van der Waals surface area contributed by atoms with Gasteiger partial charge in [0.05, 0.1) is 0 Å². The highest BCUT2D eigenvalue weighted by Crippen LogP contribution is 2.18. The molecule has 98 valence electrons. The van der Waals surface area contributed by atoms with Gasteiger partial charge in [0.15, 0.2) is 5.78 Å². The summed E-state index contributed by atoms with van der Waals surface area (Å²) in [5, 5.41) is 8.97. The summed E-state index contributed by atoms with van der Waals surface area (Å²) in [6.07, 6.45) is 1.52. The molecule has 0 radical (unpaired) electrons. The van der Waals surface area contributed by atoms with Crippen LogP contribution in [-0.4, -0.2) is 21.4 Å². The van der Waals surface area contributed by atoms with E-state index in [4.69, 9.17) is 10.8 Å². The predicted octanol–water partition coefficient (Wildman–Crippen LogP) is 1.84. The van der Waals surface area contributed by atoms with Crippen molar-refractivity contribution in [3.63, 3.8) is 0 Å². The lowest BCUT2D eigenvalue weighted by atomic mass is 10.0. The minimum absolute atomic E-state index is 0.0800. The second kappa shape index (κ2) is 4.61. The summed E-state index contributed by atoms with van der Waals surface area (Å²) in [6.45, 7) is 1.80. The van der Waals surface area contributed by atoms with Crippen LogP contribution >= 0.6 is 0 Å². The van der Waals surface area contributed by atoms with Crippen LogP contribution in [0.4, 0.5) is 5.69 Å². The van der Waals surface area contributed by atoms with Crippen LogP contribution in [0, 0.1) is 6.92 Å². The average molecular weight is 258 g/mol. The number of carboxylic acids is 1. The van der Waals surface area contributed by atoms with Crippen molar-refractivity contribution in [1.82, 2.24) is 4.57 Å². The van der Waals surface area contributed by atoms with Crippen molar-refractivity contribution in [2.75, 3.05) is 5.73 Å². The van der Waals surface area contributed by atoms with Gasteiger partial charge >= 0.3 is 5.97 Å². The highest BCUT2D eigenvalue weighted by atomic mass is 16.4. The van der Waals surface area contributed by atoms with Crippen LogP contribution < -0.4 is 5.73 Å². The third kappa shape index (κ3) is 2.35. The first-order chi connectivity index (χ1) is 8.90. The zero-order chi connectivity index (χ0) is 14.2. The number of benzene rings is 1. The summed E-state index contributed by atoms with van der Waals surface area (Å²) in [4.78, 5) is 23.3. The Kier molecular flexibility index (Phi) is 3.12. The molecule has 0 unspecified atom stereocenters. The van der Waals surface area contributed by atoms with Gasteiger partial charge in [-0.05, 0) is 36.8 Å². The number of aromatic carboxylic acids is 1. The molecule has 0 spiro atoms. The lowest BCUT2D eigenvalue weighted by Gasteiger charge is -2.04. The number of hydrogen-bond donors (Lipinski definition) is 2. The van der Waals surface area contributed by atoms with E-state index in [2.05, 4.69) is 0 Å². The second-order valence-corrected chi connectivity index (χ2v) is 4.43. The summed E-state index contributed by atoms with van der Waals surface area (Å²) < 4.78 is 1.42. The van der Waals surface area contributed by atoms with E-state index in [0.717, 1.165) is 5.56 Å².